The lowest BCUT2D eigenvalue weighted by Gasteiger charge is -2.04. The van der Waals surface area contributed by atoms with E-state index in [4.69, 9.17) is 5.73 Å². The first kappa shape index (κ1) is 14.0. The molecule has 0 aliphatic heterocycles. The third kappa shape index (κ3) is 2.46. The van der Waals surface area contributed by atoms with Gasteiger partial charge in [-0.1, -0.05) is 27.7 Å². The zero-order chi connectivity index (χ0) is 13.4. The molecule has 0 radical (unpaired) electrons. The van der Waals surface area contributed by atoms with Crippen molar-refractivity contribution < 1.29 is 0 Å². The van der Waals surface area contributed by atoms with Crippen LogP contribution in [0, 0.1) is 16.7 Å². The van der Waals surface area contributed by atoms with Gasteiger partial charge in [-0.25, -0.2) is 4.98 Å². The van der Waals surface area contributed by atoms with Crippen LogP contribution in [0.15, 0.2) is 5.38 Å². The van der Waals surface area contributed by atoms with E-state index in [1.54, 1.807) is 11.3 Å². The minimum absolute atomic E-state index is 0.465. The van der Waals surface area contributed by atoms with Gasteiger partial charge in [0.1, 0.15) is 0 Å². The summed E-state index contributed by atoms with van der Waals surface area (Å²) >= 11 is 1.72. The summed E-state index contributed by atoms with van der Waals surface area (Å²) in [7, 11) is 0. The van der Waals surface area contributed by atoms with E-state index in [0.717, 1.165) is 36.1 Å². The van der Waals surface area contributed by atoms with Crippen molar-refractivity contribution in [2.24, 2.45) is 22.5 Å². The Morgan fingerprint density at radius 2 is 2.00 bits per heavy atom. The molecule has 1 aliphatic carbocycles. The van der Waals surface area contributed by atoms with Crippen LogP contribution in [0.4, 0.5) is 0 Å². The number of nitrogens with one attached hydrogen (secondary N) is 1. The SMILES string of the molecule is CC1(C)C(CNCc2csc(CCN)n2)C1(C)C. The number of rotatable bonds is 6. The highest BCUT2D eigenvalue weighted by Crippen LogP contribution is 2.67. The first-order valence-electron chi connectivity index (χ1n) is 6.73. The van der Waals surface area contributed by atoms with Crippen LogP contribution < -0.4 is 11.1 Å². The van der Waals surface area contributed by atoms with Crippen LogP contribution in [0.5, 0.6) is 0 Å². The minimum atomic E-state index is 0.465. The summed E-state index contributed by atoms with van der Waals surface area (Å²) in [5.74, 6) is 0.771. The fraction of sp³-hybridized carbons (Fsp3) is 0.786. The van der Waals surface area contributed by atoms with Crippen LogP contribution in [-0.2, 0) is 13.0 Å². The first-order valence-corrected chi connectivity index (χ1v) is 7.61. The number of nitrogens with zero attached hydrogens (tertiary/aromatic N) is 1. The lowest BCUT2D eigenvalue weighted by molar-refractivity contribution is 0.457. The molecule has 1 aromatic rings. The van der Waals surface area contributed by atoms with Crippen molar-refractivity contribution in [1.82, 2.24) is 10.3 Å². The Balaban J connectivity index is 1.76. The molecule has 2 rings (SSSR count). The third-order valence-corrected chi connectivity index (χ3v) is 5.89. The zero-order valence-electron chi connectivity index (χ0n) is 11.9. The van der Waals surface area contributed by atoms with Crippen molar-refractivity contribution in [2.75, 3.05) is 13.1 Å². The van der Waals surface area contributed by atoms with Gasteiger partial charge in [0.05, 0.1) is 10.7 Å². The van der Waals surface area contributed by atoms with E-state index in [1.165, 1.54) is 0 Å². The van der Waals surface area contributed by atoms with Crippen LogP contribution >= 0.6 is 11.3 Å². The molecule has 0 aromatic carbocycles. The average molecular weight is 267 g/mol. The molecule has 0 bridgehead atoms. The van der Waals surface area contributed by atoms with Crippen molar-refractivity contribution in [2.45, 2.75) is 40.7 Å². The lowest BCUT2D eigenvalue weighted by Crippen LogP contribution is -2.19. The Kier molecular flexibility index (Phi) is 3.81. The number of hydrogen-bond donors (Lipinski definition) is 2. The topological polar surface area (TPSA) is 50.9 Å². The number of thiazole rings is 1. The molecule has 0 spiro atoms. The lowest BCUT2D eigenvalue weighted by atomic mass is 10.0. The van der Waals surface area contributed by atoms with E-state index in [2.05, 4.69) is 43.4 Å². The summed E-state index contributed by atoms with van der Waals surface area (Å²) in [4.78, 5) is 4.57. The van der Waals surface area contributed by atoms with Gasteiger partial charge in [-0.3, -0.25) is 0 Å². The second kappa shape index (κ2) is 4.91. The van der Waals surface area contributed by atoms with E-state index >= 15 is 0 Å². The molecule has 0 unspecified atom stereocenters. The van der Waals surface area contributed by atoms with E-state index < -0.39 is 0 Å². The zero-order valence-corrected chi connectivity index (χ0v) is 12.7. The molecule has 1 aliphatic rings. The van der Waals surface area contributed by atoms with Gasteiger partial charge in [0.15, 0.2) is 0 Å². The van der Waals surface area contributed by atoms with Crippen LogP contribution in [0.1, 0.15) is 38.4 Å². The van der Waals surface area contributed by atoms with E-state index in [0.29, 0.717) is 17.4 Å². The Morgan fingerprint density at radius 3 is 2.56 bits per heavy atom. The van der Waals surface area contributed by atoms with Gasteiger partial charge in [-0.2, -0.15) is 0 Å². The summed E-state index contributed by atoms with van der Waals surface area (Å²) < 4.78 is 0. The van der Waals surface area contributed by atoms with Gasteiger partial charge in [-0.15, -0.1) is 11.3 Å². The van der Waals surface area contributed by atoms with Gasteiger partial charge in [0, 0.05) is 18.3 Å². The maximum Gasteiger partial charge on any atom is 0.0941 e. The van der Waals surface area contributed by atoms with E-state index in [9.17, 15) is 0 Å². The molecule has 1 aromatic heterocycles. The number of nitrogens with two attached hydrogens (primary N) is 1. The molecule has 18 heavy (non-hydrogen) atoms. The molecule has 1 saturated carbocycles. The van der Waals surface area contributed by atoms with Gasteiger partial charge in [-0.05, 0) is 29.8 Å². The maximum atomic E-state index is 5.53. The summed E-state index contributed by atoms with van der Waals surface area (Å²) in [5.41, 5.74) is 7.61. The number of hydrogen-bond acceptors (Lipinski definition) is 4. The first-order chi connectivity index (χ1) is 8.39. The van der Waals surface area contributed by atoms with Crippen molar-refractivity contribution in [3.05, 3.63) is 16.1 Å². The molecule has 3 nitrogen and oxygen atoms in total. The number of aromatic nitrogens is 1. The molecule has 0 amide bonds. The fourth-order valence-corrected chi connectivity index (χ4v) is 3.67. The Hall–Kier alpha value is -0.450. The van der Waals surface area contributed by atoms with Crippen LogP contribution in [-0.4, -0.2) is 18.1 Å². The predicted molar refractivity (Wildman–Crippen MR) is 77.6 cm³/mol. The molecule has 0 atom stereocenters. The molecule has 102 valence electrons. The third-order valence-electron chi connectivity index (χ3n) is 4.93. The molecule has 1 heterocycles. The average Bonchev–Trinajstić information content (AvgIpc) is 2.67. The van der Waals surface area contributed by atoms with Gasteiger partial charge in [0.25, 0.3) is 0 Å². The Bertz CT molecular complexity index is 395. The molecule has 3 N–H and O–H groups in total. The quantitative estimate of drug-likeness (QED) is 0.832. The Morgan fingerprint density at radius 1 is 1.33 bits per heavy atom. The van der Waals surface area contributed by atoms with Gasteiger partial charge < -0.3 is 11.1 Å². The standard InChI is InChI=1S/C14H25N3S/c1-13(2)11(14(13,3)4)8-16-7-10-9-18-12(17-10)5-6-15/h9,11,16H,5-8,15H2,1-4H3. The van der Waals surface area contributed by atoms with Crippen LogP contribution in [0.3, 0.4) is 0 Å². The van der Waals surface area contributed by atoms with Crippen molar-refractivity contribution in [1.29, 1.82) is 0 Å². The largest absolute Gasteiger partial charge is 0.330 e. The predicted octanol–water partition coefficient (Wildman–Crippen LogP) is 2.42. The highest BCUT2D eigenvalue weighted by molar-refractivity contribution is 7.09. The maximum absolute atomic E-state index is 5.53. The summed E-state index contributed by atoms with van der Waals surface area (Å²) in [6.07, 6.45) is 0.896. The van der Waals surface area contributed by atoms with Crippen molar-refractivity contribution in [3.8, 4) is 0 Å². The second-order valence-electron chi connectivity index (χ2n) is 6.40. The molecule has 4 heteroatoms. The summed E-state index contributed by atoms with van der Waals surface area (Å²) in [6.45, 7) is 12.1. The van der Waals surface area contributed by atoms with E-state index in [1.807, 2.05) is 0 Å². The molecule has 1 fully saturated rings. The minimum Gasteiger partial charge on any atom is -0.330 e. The normalized spacial score (nSPS) is 21.2. The van der Waals surface area contributed by atoms with E-state index in [-0.39, 0.29) is 0 Å². The molecular weight excluding hydrogens is 242 g/mol. The fourth-order valence-electron chi connectivity index (χ4n) is 2.86. The summed E-state index contributed by atoms with van der Waals surface area (Å²) in [5, 5.41) is 6.84. The summed E-state index contributed by atoms with van der Waals surface area (Å²) in [6, 6.07) is 0. The van der Waals surface area contributed by atoms with Gasteiger partial charge >= 0.3 is 0 Å². The highest BCUT2D eigenvalue weighted by atomic mass is 32.1. The highest BCUT2D eigenvalue weighted by Gasteiger charge is 2.63. The Labute approximate surface area is 114 Å². The molecular formula is C14H25N3S. The van der Waals surface area contributed by atoms with Crippen molar-refractivity contribution in [3.63, 3.8) is 0 Å². The van der Waals surface area contributed by atoms with Crippen LogP contribution in [0.2, 0.25) is 0 Å². The van der Waals surface area contributed by atoms with Crippen LogP contribution in [0.25, 0.3) is 0 Å². The van der Waals surface area contributed by atoms with Crippen molar-refractivity contribution >= 4 is 11.3 Å². The monoisotopic (exact) mass is 267 g/mol. The second-order valence-corrected chi connectivity index (χ2v) is 7.34. The smallest absolute Gasteiger partial charge is 0.0941 e. The van der Waals surface area contributed by atoms with Gasteiger partial charge in [0.2, 0.25) is 0 Å². The molecule has 0 saturated heterocycles.